The number of methoxy groups -OCH3 is 1. The third-order valence-electron chi connectivity index (χ3n) is 3.60. The summed E-state index contributed by atoms with van der Waals surface area (Å²) in [6.07, 6.45) is -1.32. The molecule has 0 spiro atoms. The molecular formula is C14H14O6. The van der Waals surface area contributed by atoms with Gasteiger partial charge in [-0.3, -0.25) is 4.79 Å². The lowest BCUT2D eigenvalue weighted by molar-refractivity contribution is 0.0715. The van der Waals surface area contributed by atoms with E-state index in [4.69, 9.17) is 9.15 Å². The Kier molecular flexibility index (Phi) is 2.92. The van der Waals surface area contributed by atoms with Crippen LogP contribution in [-0.2, 0) is 0 Å². The summed E-state index contributed by atoms with van der Waals surface area (Å²) < 4.78 is 10.5. The van der Waals surface area contributed by atoms with Crippen LogP contribution in [-0.4, -0.2) is 22.4 Å². The fourth-order valence-corrected chi connectivity index (χ4v) is 2.58. The van der Waals surface area contributed by atoms with Crippen LogP contribution in [0, 0.1) is 0 Å². The molecule has 1 aliphatic rings. The lowest BCUT2D eigenvalue weighted by Gasteiger charge is -2.24. The number of aliphatic hydroxyl groups is 2. The summed E-state index contributed by atoms with van der Waals surface area (Å²) in [5.41, 5.74) is -0.372. The Labute approximate surface area is 113 Å². The quantitative estimate of drug-likeness (QED) is 0.728. The minimum absolute atomic E-state index is 0.0160. The van der Waals surface area contributed by atoms with Crippen LogP contribution < -0.4 is 10.2 Å². The van der Waals surface area contributed by atoms with Gasteiger partial charge in [0.1, 0.15) is 34.3 Å². The Morgan fingerprint density at radius 1 is 1.25 bits per heavy atom. The van der Waals surface area contributed by atoms with E-state index < -0.39 is 17.6 Å². The molecule has 0 aliphatic heterocycles. The second-order valence-electron chi connectivity index (χ2n) is 4.84. The molecule has 3 rings (SSSR count). The van der Waals surface area contributed by atoms with Gasteiger partial charge in [0.15, 0.2) is 0 Å². The van der Waals surface area contributed by atoms with Crippen LogP contribution in [0.5, 0.6) is 11.5 Å². The van der Waals surface area contributed by atoms with Gasteiger partial charge in [-0.05, 0) is 12.8 Å². The molecule has 2 atom stereocenters. The molecule has 1 aromatic heterocycles. The van der Waals surface area contributed by atoms with E-state index in [-0.39, 0.29) is 34.5 Å². The molecule has 0 bridgehead atoms. The molecule has 2 aromatic rings. The lowest BCUT2D eigenvalue weighted by atomic mass is 9.91. The van der Waals surface area contributed by atoms with Gasteiger partial charge in [0.05, 0.1) is 18.8 Å². The van der Waals surface area contributed by atoms with Gasteiger partial charge < -0.3 is 24.5 Å². The fraction of sp³-hybridized carbons (Fsp3) is 0.357. The number of phenols is 1. The smallest absolute Gasteiger partial charge is 0.202 e. The van der Waals surface area contributed by atoms with E-state index in [1.807, 2.05) is 0 Å². The maximum absolute atomic E-state index is 12.4. The molecule has 0 saturated carbocycles. The number of aromatic hydroxyl groups is 1. The molecule has 0 saturated heterocycles. The molecule has 0 unspecified atom stereocenters. The monoisotopic (exact) mass is 278 g/mol. The normalized spacial score (nSPS) is 21.8. The first kappa shape index (κ1) is 13.0. The summed E-state index contributed by atoms with van der Waals surface area (Å²) in [5, 5.41) is 29.8. The Balaban J connectivity index is 2.41. The van der Waals surface area contributed by atoms with Gasteiger partial charge >= 0.3 is 0 Å². The van der Waals surface area contributed by atoms with E-state index in [1.54, 1.807) is 0 Å². The molecule has 1 heterocycles. The molecule has 20 heavy (non-hydrogen) atoms. The topological polar surface area (TPSA) is 100 Å². The number of hydrogen-bond acceptors (Lipinski definition) is 6. The zero-order valence-electron chi connectivity index (χ0n) is 10.8. The molecule has 6 nitrogen and oxygen atoms in total. The summed E-state index contributed by atoms with van der Waals surface area (Å²) in [6, 6.07) is 2.77. The van der Waals surface area contributed by atoms with Crippen molar-refractivity contribution in [2.24, 2.45) is 0 Å². The van der Waals surface area contributed by atoms with Crippen LogP contribution in [0.4, 0.5) is 0 Å². The van der Waals surface area contributed by atoms with Crippen LogP contribution >= 0.6 is 0 Å². The van der Waals surface area contributed by atoms with E-state index in [2.05, 4.69) is 0 Å². The molecule has 1 aliphatic carbocycles. The van der Waals surface area contributed by atoms with E-state index in [0.717, 1.165) is 0 Å². The zero-order valence-corrected chi connectivity index (χ0v) is 10.8. The molecule has 1 aromatic carbocycles. The predicted octanol–water partition coefficient (Wildman–Crippen LogP) is 1.37. The van der Waals surface area contributed by atoms with Crippen molar-refractivity contribution >= 4 is 11.0 Å². The molecule has 3 N–H and O–H groups in total. The Morgan fingerprint density at radius 2 is 1.95 bits per heavy atom. The number of rotatable bonds is 1. The molecule has 0 radical (unpaired) electrons. The Morgan fingerprint density at radius 3 is 2.65 bits per heavy atom. The largest absolute Gasteiger partial charge is 0.507 e. The van der Waals surface area contributed by atoms with Gasteiger partial charge in [-0.25, -0.2) is 0 Å². The second kappa shape index (κ2) is 4.50. The zero-order chi connectivity index (χ0) is 14.4. The fourth-order valence-electron chi connectivity index (χ4n) is 2.58. The average molecular weight is 278 g/mol. The lowest BCUT2D eigenvalue weighted by Crippen LogP contribution is -2.23. The summed E-state index contributed by atoms with van der Waals surface area (Å²) in [7, 11) is 1.43. The summed E-state index contributed by atoms with van der Waals surface area (Å²) in [4.78, 5) is 12.4. The first-order valence-electron chi connectivity index (χ1n) is 6.26. The predicted molar refractivity (Wildman–Crippen MR) is 69.9 cm³/mol. The number of aliphatic hydroxyl groups excluding tert-OH is 2. The SMILES string of the molecule is COc1cc(O)c2c(=O)c3c(oc2c1)[C@H](O)CC[C@@H]3O. The van der Waals surface area contributed by atoms with Gasteiger partial charge in [0.25, 0.3) is 0 Å². The van der Waals surface area contributed by atoms with Crippen molar-refractivity contribution in [3.05, 3.63) is 33.7 Å². The third kappa shape index (κ3) is 1.76. The number of hydrogen-bond donors (Lipinski definition) is 3. The highest BCUT2D eigenvalue weighted by Gasteiger charge is 2.31. The van der Waals surface area contributed by atoms with Crippen molar-refractivity contribution in [3.63, 3.8) is 0 Å². The molecular weight excluding hydrogens is 264 g/mol. The highest BCUT2D eigenvalue weighted by Crippen LogP contribution is 2.38. The van der Waals surface area contributed by atoms with Gasteiger partial charge in [-0.15, -0.1) is 0 Å². The average Bonchev–Trinajstić information content (AvgIpc) is 2.42. The molecule has 6 heteroatoms. The van der Waals surface area contributed by atoms with Crippen molar-refractivity contribution in [2.45, 2.75) is 25.0 Å². The maximum Gasteiger partial charge on any atom is 0.202 e. The highest BCUT2D eigenvalue weighted by atomic mass is 16.5. The minimum Gasteiger partial charge on any atom is -0.507 e. The Bertz CT molecular complexity index is 733. The number of benzene rings is 1. The van der Waals surface area contributed by atoms with Gasteiger partial charge in [0.2, 0.25) is 5.43 Å². The summed E-state index contributed by atoms with van der Waals surface area (Å²) in [5.74, 6) is 0.126. The van der Waals surface area contributed by atoms with E-state index >= 15 is 0 Å². The van der Waals surface area contributed by atoms with E-state index in [1.165, 1.54) is 19.2 Å². The second-order valence-corrected chi connectivity index (χ2v) is 4.84. The van der Waals surface area contributed by atoms with Crippen LogP contribution in [0.25, 0.3) is 11.0 Å². The third-order valence-corrected chi connectivity index (χ3v) is 3.60. The first-order chi connectivity index (χ1) is 9.52. The molecule has 0 amide bonds. The number of phenolic OH excluding ortho intramolecular Hbond substituents is 1. The van der Waals surface area contributed by atoms with Crippen LogP contribution in [0.15, 0.2) is 21.3 Å². The van der Waals surface area contributed by atoms with Crippen LogP contribution in [0.1, 0.15) is 36.4 Å². The van der Waals surface area contributed by atoms with Crippen molar-refractivity contribution in [1.82, 2.24) is 0 Å². The van der Waals surface area contributed by atoms with Gasteiger partial charge in [-0.1, -0.05) is 0 Å². The van der Waals surface area contributed by atoms with Crippen LogP contribution in [0.2, 0.25) is 0 Å². The van der Waals surface area contributed by atoms with Crippen LogP contribution in [0.3, 0.4) is 0 Å². The molecule has 106 valence electrons. The first-order valence-corrected chi connectivity index (χ1v) is 6.26. The standard InChI is InChI=1S/C14H14O6/c1-19-6-4-9(17)11-10(5-6)20-14-8(16)3-2-7(15)12(14)13(11)18/h4-5,7-8,15-17H,2-3H2,1H3/t7-,8+/m0/s1. The molecule has 0 fully saturated rings. The van der Waals surface area contributed by atoms with Crippen molar-refractivity contribution in [1.29, 1.82) is 0 Å². The minimum atomic E-state index is -0.990. The maximum atomic E-state index is 12.4. The van der Waals surface area contributed by atoms with Crippen molar-refractivity contribution in [2.75, 3.05) is 7.11 Å². The Hall–Kier alpha value is -2.05. The van der Waals surface area contributed by atoms with Crippen molar-refractivity contribution < 1.29 is 24.5 Å². The number of ether oxygens (including phenoxy) is 1. The van der Waals surface area contributed by atoms with Gasteiger partial charge in [-0.2, -0.15) is 0 Å². The summed E-state index contributed by atoms with van der Waals surface area (Å²) >= 11 is 0. The highest BCUT2D eigenvalue weighted by molar-refractivity contribution is 5.85. The number of fused-ring (bicyclic) bond motifs is 2. The van der Waals surface area contributed by atoms with E-state index in [9.17, 15) is 20.1 Å². The summed E-state index contributed by atoms with van der Waals surface area (Å²) in [6.45, 7) is 0. The van der Waals surface area contributed by atoms with Crippen molar-refractivity contribution in [3.8, 4) is 11.5 Å². The van der Waals surface area contributed by atoms with E-state index in [0.29, 0.717) is 12.2 Å². The van der Waals surface area contributed by atoms with Gasteiger partial charge in [0, 0.05) is 12.1 Å².